The number of dihydropyridines is 1. The lowest BCUT2D eigenvalue weighted by molar-refractivity contribution is 0.296. The molecule has 0 aromatic carbocycles. The van der Waals surface area contributed by atoms with Gasteiger partial charge >= 0.3 is 0 Å². The Bertz CT molecular complexity index is 424. The van der Waals surface area contributed by atoms with Crippen LogP contribution in [0.25, 0.3) is 0 Å². The Labute approximate surface area is 107 Å². The first kappa shape index (κ1) is 13.4. The maximum Gasteiger partial charge on any atom is 0.211 e. The lowest BCUT2D eigenvalue weighted by Gasteiger charge is -2.32. The van der Waals surface area contributed by atoms with Crippen LogP contribution in [-0.2, 0) is 0 Å². The summed E-state index contributed by atoms with van der Waals surface area (Å²) in [5, 5.41) is 0. The minimum atomic E-state index is -1.16. The fourth-order valence-electron chi connectivity index (χ4n) is 2.88. The van der Waals surface area contributed by atoms with Crippen LogP contribution in [0.1, 0.15) is 33.1 Å². The van der Waals surface area contributed by atoms with Crippen molar-refractivity contribution in [3.63, 3.8) is 0 Å². The van der Waals surface area contributed by atoms with E-state index in [0.29, 0.717) is 17.7 Å². The predicted octanol–water partition coefficient (Wildman–Crippen LogP) is 3.10. The molecular formula is C14H20F2N2. The monoisotopic (exact) mass is 254 g/mol. The van der Waals surface area contributed by atoms with Crippen LogP contribution >= 0.6 is 0 Å². The summed E-state index contributed by atoms with van der Waals surface area (Å²) < 4.78 is 28.0. The predicted molar refractivity (Wildman–Crippen MR) is 70.1 cm³/mol. The second kappa shape index (κ2) is 5.31. The fraction of sp³-hybridized carbons (Fsp3) is 0.643. The fourth-order valence-corrected chi connectivity index (χ4v) is 2.88. The molecule has 0 aromatic heterocycles. The quantitative estimate of drug-likeness (QED) is 0.755. The number of hydrogen-bond donors (Lipinski definition) is 1. The number of nitrogens with zero attached hydrogens (tertiary/aromatic N) is 1. The van der Waals surface area contributed by atoms with Crippen molar-refractivity contribution in [3.05, 3.63) is 22.8 Å². The molecule has 0 aromatic rings. The van der Waals surface area contributed by atoms with Crippen molar-refractivity contribution >= 4 is 5.97 Å². The van der Waals surface area contributed by atoms with Crippen molar-refractivity contribution < 1.29 is 8.78 Å². The molecule has 1 heterocycles. The van der Waals surface area contributed by atoms with E-state index in [1.165, 1.54) is 0 Å². The number of aliphatic imine (C=N–C) groups is 1. The number of allylic oxidation sites excluding steroid dienone is 2. The zero-order valence-electron chi connectivity index (χ0n) is 10.9. The Morgan fingerprint density at radius 1 is 1.50 bits per heavy atom. The third-order valence-corrected chi connectivity index (χ3v) is 3.94. The number of rotatable bonds is 2. The molecule has 2 aliphatic rings. The average molecular weight is 254 g/mol. The molecule has 2 rings (SSSR count). The lowest BCUT2D eigenvalue weighted by Crippen LogP contribution is -2.31. The summed E-state index contributed by atoms with van der Waals surface area (Å²) in [4.78, 5) is 3.71. The highest BCUT2D eigenvalue weighted by atomic mass is 19.1. The smallest absolute Gasteiger partial charge is 0.211 e. The second-order valence-electron chi connectivity index (χ2n) is 5.19. The Morgan fingerprint density at radius 2 is 2.22 bits per heavy atom. The van der Waals surface area contributed by atoms with Gasteiger partial charge in [-0.15, -0.1) is 0 Å². The maximum atomic E-state index is 14.3. The van der Waals surface area contributed by atoms with Crippen LogP contribution in [0, 0.1) is 5.92 Å². The van der Waals surface area contributed by atoms with Crippen molar-refractivity contribution in [1.82, 2.24) is 0 Å². The Balaban J connectivity index is 2.29. The Kier molecular flexibility index (Phi) is 3.95. The summed E-state index contributed by atoms with van der Waals surface area (Å²) in [7, 11) is 0. The van der Waals surface area contributed by atoms with Gasteiger partial charge in [-0.1, -0.05) is 11.6 Å². The summed E-state index contributed by atoms with van der Waals surface area (Å²) in [6, 6.07) is -0.615. The zero-order valence-corrected chi connectivity index (χ0v) is 10.9. The minimum Gasteiger partial charge on any atom is -0.327 e. The Hall–Kier alpha value is -1.03. The van der Waals surface area contributed by atoms with Gasteiger partial charge in [-0.2, -0.15) is 4.39 Å². The molecule has 18 heavy (non-hydrogen) atoms. The van der Waals surface area contributed by atoms with E-state index >= 15 is 0 Å². The van der Waals surface area contributed by atoms with Crippen LogP contribution in [0.3, 0.4) is 0 Å². The summed E-state index contributed by atoms with van der Waals surface area (Å²) in [5.41, 5.74) is 7.79. The van der Waals surface area contributed by atoms with E-state index in [1.807, 2.05) is 0 Å². The first-order chi connectivity index (χ1) is 8.54. The molecule has 0 radical (unpaired) electrons. The zero-order chi connectivity index (χ0) is 13.3. The van der Waals surface area contributed by atoms with Gasteiger partial charge in [-0.3, -0.25) is 4.99 Å². The van der Waals surface area contributed by atoms with Gasteiger partial charge < -0.3 is 5.73 Å². The van der Waals surface area contributed by atoms with Crippen molar-refractivity contribution in [1.29, 1.82) is 0 Å². The van der Waals surface area contributed by atoms with Gasteiger partial charge in [-0.25, -0.2) is 4.39 Å². The molecule has 0 bridgehead atoms. The molecule has 4 heteroatoms. The summed E-state index contributed by atoms with van der Waals surface area (Å²) in [5.74, 6) is -0.428. The van der Waals surface area contributed by atoms with Crippen molar-refractivity contribution in [2.75, 3.05) is 6.54 Å². The van der Waals surface area contributed by atoms with Crippen LogP contribution in [-0.4, -0.2) is 24.7 Å². The number of alkyl halides is 1. The minimum absolute atomic E-state index is 0.0762. The molecule has 1 aliphatic heterocycles. The second-order valence-corrected chi connectivity index (χ2v) is 5.19. The SMILES string of the molecule is CC1=C(C2CCC=C(CN)C2)C(F)C(C)N=C1F. The van der Waals surface area contributed by atoms with Gasteiger partial charge in [0, 0.05) is 12.1 Å². The van der Waals surface area contributed by atoms with Crippen LogP contribution in [0.4, 0.5) is 8.78 Å². The molecular weight excluding hydrogens is 234 g/mol. The van der Waals surface area contributed by atoms with E-state index < -0.39 is 18.2 Å². The standard InChI is InChI=1S/C14H20F2N2/c1-8-12(13(15)9(2)18-14(8)16)11-5-3-4-10(6-11)7-17/h4,9,11,13H,3,5-7,17H2,1-2H3. The highest BCUT2D eigenvalue weighted by Crippen LogP contribution is 2.37. The van der Waals surface area contributed by atoms with Gasteiger partial charge in [0.1, 0.15) is 6.17 Å². The molecule has 0 fully saturated rings. The molecule has 2 nitrogen and oxygen atoms in total. The molecule has 1 aliphatic carbocycles. The van der Waals surface area contributed by atoms with E-state index in [1.54, 1.807) is 13.8 Å². The lowest BCUT2D eigenvalue weighted by atomic mass is 9.78. The molecule has 0 saturated carbocycles. The Morgan fingerprint density at radius 3 is 2.89 bits per heavy atom. The maximum absolute atomic E-state index is 14.3. The summed E-state index contributed by atoms with van der Waals surface area (Å²) in [6.07, 6.45) is 3.48. The molecule has 0 saturated heterocycles. The largest absolute Gasteiger partial charge is 0.327 e. The summed E-state index contributed by atoms with van der Waals surface area (Å²) in [6.45, 7) is 3.76. The van der Waals surface area contributed by atoms with Crippen molar-refractivity contribution in [2.24, 2.45) is 16.6 Å². The topological polar surface area (TPSA) is 38.4 Å². The molecule has 100 valence electrons. The number of nitrogens with two attached hydrogens (primary N) is 1. The van der Waals surface area contributed by atoms with Gasteiger partial charge in [0.15, 0.2) is 0 Å². The van der Waals surface area contributed by atoms with E-state index in [4.69, 9.17) is 5.73 Å². The highest BCUT2D eigenvalue weighted by Gasteiger charge is 2.34. The number of hydrogen-bond acceptors (Lipinski definition) is 2. The van der Waals surface area contributed by atoms with E-state index in [2.05, 4.69) is 11.1 Å². The van der Waals surface area contributed by atoms with Gasteiger partial charge in [0.05, 0.1) is 6.04 Å². The summed E-state index contributed by atoms with van der Waals surface area (Å²) >= 11 is 0. The van der Waals surface area contributed by atoms with Crippen molar-refractivity contribution in [3.8, 4) is 0 Å². The van der Waals surface area contributed by atoms with Crippen molar-refractivity contribution in [2.45, 2.75) is 45.3 Å². The first-order valence-corrected chi connectivity index (χ1v) is 6.51. The van der Waals surface area contributed by atoms with Gasteiger partial charge in [0.25, 0.3) is 0 Å². The molecule has 0 spiro atoms. The molecule has 2 N–H and O–H groups in total. The number of halogens is 2. The van der Waals surface area contributed by atoms with Gasteiger partial charge in [-0.05, 0) is 44.6 Å². The first-order valence-electron chi connectivity index (χ1n) is 6.51. The average Bonchev–Trinajstić information content (AvgIpc) is 2.37. The van der Waals surface area contributed by atoms with Crippen LogP contribution in [0.15, 0.2) is 27.8 Å². The van der Waals surface area contributed by atoms with E-state index in [0.717, 1.165) is 24.8 Å². The van der Waals surface area contributed by atoms with Crippen LogP contribution in [0.2, 0.25) is 0 Å². The highest BCUT2D eigenvalue weighted by molar-refractivity contribution is 5.94. The van der Waals surface area contributed by atoms with E-state index in [9.17, 15) is 8.78 Å². The normalized spacial score (nSPS) is 33.3. The van der Waals surface area contributed by atoms with Gasteiger partial charge in [0.2, 0.25) is 5.97 Å². The molecule has 0 amide bonds. The van der Waals surface area contributed by atoms with E-state index in [-0.39, 0.29) is 5.92 Å². The van der Waals surface area contributed by atoms with Crippen LogP contribution < -0.4 is 5.73 Å². The van der Waals surface area contributed by atoms with Crippen LogP contribution in [0.5, 0.6) is 0 Å². The third kappa shape index (κ3) is 2.39. The molecule has 3 atom stereocenters. The third-order valence-electron chi connectivity index (χ3n) is 3.94. The molecule has 3 unspecified atom stereocenters.